The number of aryl methyl sites for hydroxylation is 1. The number of nitrogens with zero attached hydrogens (tertiary/aromatic N) is 5. The Bertz CT molecular complexity index is 853. The Morgan fingerprint density at radius 2 is 2.12 bits per heavy atom. The van der Waals surface area contributed by atoms with Gasteiger partial charge in [0.15, 0.2) is 5.82 Å². The molecule has 7 nitrogen and oxygen atoms in total. The van der Waals surface area contributed by atoms with E-state index < -0.39 is 0 Å². The Balaban J connectivity index is 2.01. The zero-order valence-corrected chi connectivity index (χ0v) is 15.0. The number of aromatic nitrogens is 4. The molecule has 2 heterocycles. The van der Waals surface area contributed by atoms with E-state index in [0.29, 0.717) is 18.3 Å². The van der Waals surface area contributed by atoms with Gasteiger partial charge in [-0.05, 0) is 45.6 Å². The maximum absolute atomic E-state index is 10.1. The van der Waals surface area contributed by atoms with Crippen molar-refractivity contribution in [3.8, 4) is 17.1 Å². The predicted molar refractivity (Wildman–Crippen MR) is 94.2 cm³/mol. The van der Waals surface area contributed by atoms with Crippen LogP contribution < -0.4 is 0 Å². The van der Waals surface area contributed by atoms with Gasteiger partial charge in [-0.3, -0.25) is 0 Å². The van der Waals surface area contributed by atoms with E-state index >= 15 is 0 Å². The van der Waals surface area contributed by atoms with Gasteiger partial charge in [0.1, 0.15) is 17.6 Å². The summed E-state index contributed by atoms with van der Waals surface area (Å²) in [5.41, 5.74) is 1.80. The molecule has 0 unspecified atom stereocenters. The van der Waals surface area contributed by atoms with Gasteiger partial charge in [-0.2, -0.15) is 4.98 Å². The molecule has 0 aliphatic heterocycles. The third-order valence-electron chi connectivity index (χ3n) is 4.04. The number of aromatic hydroxyl groups is 1. The van der Waals surface area contributed by atoms with Crippen molar-refractivity contribution in [3.63, 3.8) is 0 Å². The fourth-order valence-electron chi connectivity index (χ4n) is 2.92. The summed E-state index contributed by atoms with van der Waals surface area (Å²) in [6, 6.07) is 5.48. The van der Waals surface area contributed by atoms with E-state index in [9.17, 15) is 5.11 Å². The Labute approximate surface area is 146 Å². The second-order valence-electron chi connectivity index (χ2n) is 6.34. The molecule has 0 spiro atoms. The molecule has 3 aromatic rings. The fraction of sp³-hybridized carbons (Fsp3) is 0.389. The number of hydrogen-bond acceptors (Lipinski definition) is 6. The van der Waals surface area contributed by atoms with Crippen molar-refractivity contribution in [2.45, 2.75) is 32.9 Å². The minimum Gasteiger partial charge on any atom is -0.508 e. The Morgan fingerprint density at radius 1 is 1.32 bits per heavy atom. The first-order chi connectivity index (χ1) is 12.0. The van der Waals surface area contributed by atoms with E-state index in [0.717, 1.165) is 23.4 Å². The third kappa shape index (κ3) is 3.56. The monoisotopic (exact) mass is 341 g/mol. The summed E-state index contributed by atoms with van der Waals surface area (Å²) >= 11 is 0. The van der Waals surface area contributed by atoms with Gasteiger partial charge in [0, 0.05) is 30.1 Å². The zero-order valence-electron chi connectivity index (χ0n) is 15.0. The van der Waals surface area contributed by atoms with Crippen molar-refractivity contribution in [2.75, 3.05) is 14.1 Å². The summed E-state index contributed by atoms with van der Waals surface area (Å²) in [4.78, 5) is 10.9. The maximum atomic E-state index is 10.1. The molecule has 7 heteroatoms. The normalized spacial score (nSPS) is 12.7. The topological polar surface area (TPSA) is 80.2 Å². The lowest BCUT2D eigenvalue weighted by Gasteiger charge is -2.17. The van der Waals surface area contributed by atoms with Gasteiger partial charge in [-0.1, -0.05) is 12.1 Å². The van der Waals surface area contributed by atoms with E-state index in [2.05, 4.69) is 22.0 Å². The van der Waals surface area contributed by atoms with Crippen molar-refractivity contribution >= 4 is 0 Å². The van der Waals surface area contributed by atoms with Crippen molar-refractivity contribution < 1.29 is 9.63 Å². The van der Waals surface area contributed by atoms with Crippen molar-refractivity contribution in [3.05, 3.63) is 47.9 Å². The van der Waals surface area contributed by atoms with Gasteiger partial charge < -0.3 is 19.1 Å². The quantitative estimate of drug-likeness (QED) is 0.742. The van der Waals surface area contributed by atoms with E-state index in [-0.39, 0.29) is 11.8 Å². The molecule has 0 saturated carbocycles. The highest BCUT2D eigenvalue weighted by Crippen LogP contribution is 2.30. The highest BCUT2D eigenvalue weighted by Gasteiger charge is 2.22. The number of phenolic OH excluding ortho intramolecular Hbond substituents is 1. The minimum atomic E-state index is -0.0789. The van der Waals surface area contributed by atoms with Crippen LogP contribution in [0.3, 0.4) is 0 Å². The number of hydrogen-bond donors (Lipinski definition) is 1. The minimum absolute atomic E-state index is 0.0789. The molecule has 0 aliphatic rings. The van der Waals surface area contributed by atoms with Crippen LogP contribution in [0.1, 0.15) is 36.7 Å². The van der Waals surface area contributed by atoms with Crippen LogP contribution in [0.25, 0.3) is 11.4 Å². The van der Waals surface area contributed by atoms with Crippen LogP contribution in [-0.4, -0.2) is 43.8 Å². The van der Waals surface area contributed by atoms with Crippen LogP contribution in [0, 0.1) is 6.92 Å². The predicted octanol–water partition coefficient (Wildman–Crippen LogP) is 3.01. The summed E-state index contributed by atoms with van der Waals surface area (Å²) in [5, 5.41) is 14.0. The molecule has 1 aromatic carbocycles. The molecule has 1 atom stereocenters. The standard InChI is InChI=1S/C18H23N5O2/c1-5-15(18-20-12(2)21-25-18)23-9-8-19-17(23)13-6-7-16(24)14(10-13)11-22(3)4/h6-10,15,24H,5,11H2,1-4H3/t15-/m1/s1. The highest BCUT2D eigenvalue weighted by atomic mass is 16.5. The molecule has 0 saturated heterocycles. The van der Waals surface area contributed by atoms with Crippen molar-refractivity contribution in [2.24, 2.45) is 0 Å². The SMILES string of the molecule is CC[C@H](c1nc(C)no1)n1ccnc1-c1ccc(O)c(CN(C)C)c1. The molecule has 132 valence electrons. The van der Waals surface area contributed by atoms with Gasteiger partial charge >= 0.3 is 0 Å². The molecule has 2 aromatic heterocycles. The first-order valence-electron chi connectivity index (χ1n) is 8.29. The highest BCUT2D eigenvalue weighted by molar-refractivity contribution is 5.59. The average molecular weight is 341 g/mol. The lowest BCUT2D eigenvalue weighted by atomic mass is 10.1. The Hall–Kier alpha value is -2.67. The van der Waals surface area contributed by atoms with Crippen LogP contribution in [0.4, 0.5) is 0 Å². The van der Waals surface area contributed by atoms with Gasteiger partial charge in [-0.15, -0.1) is 0 Å². The van der Waals surface area contributed by atoms with Gasteiger partial charge in [0.05, 0.1) is 0 Å². The molecule has 0 fully saturated rings. The van der Waals surface area contributed by atoms with Gasteiger partial charge in [0.25, 0.3) is 0 Å². The number of benzene rings is 1. The van der Waals surface area contributed by atoms with Crippen molar-refractivity contribution in [1.82, 2.24) is 24.6 Å². The van der Waals surface area contributed by atoms with Crippen LogP contribution >= 0.6 is 0 Å². The van der Waals surface area contributed by atoms with E-state index in [4.69, 9.17) is 4.52 Å². The number of rotatable bonds is 6. The Morgan fingerprint density at radius 3 is 2.76 bits per heavy atom. The second kappa shape index (κ2) is 7.06. The summed E-state index contributed by atoms with van der Waals surface area (Å²) in [5.74, 6) is 2.29. The lowest BCUT2D eigenvalue weighted by molar-refractivity contribution is 0.331. The first-order valence-corrected chi connectivity index (χ1v) is 8.29. The van der Waals surface area contributed by atoms with Crippen LogP contribution in [0.5, 0.6) is 5.75 Å². The summed E-state index contributed by atoms with van der Waals surface area (Å²) < 4.78 is 7.41. The summed E-state index contributed by atoms with van der Waals surface area (Å²) in [6.07, 6.45) is 4.48. The van der Waals surface area contributed by atoms with Crippen LogP contribution in [0.2, 0.25) is 0 Å². The molecule has 0 aliphatic carbocycles. The third-order valence-corrected chi connectivity index (χ3v) is 4.04. The van der Waals surface area contributed by atoms with Gasteiger partial charge in [0.2, 0.25) is 5.89 Å². The average Bonchev–Trinajstić information content (AvgIpc) is 3.20. The van der Waals surface area contributed by atoms with E-state index in [1.807, 2.05) is 48.8 Å². The summed E-state index contributed by atoms with van der Waals surface area (Å²) in [7, 11) is 3.94. The maximum Gasteiger partial charge on any atom is 0.249 e. The van der Waals surface area contributed by atoms with Crippen LogP contribution in [-0.2, 0) is 6.54 Å². The van der Waals surface area contributed by atoms with E-state index in [1.54, 1.807) is 12.3 Å². The molecule has 25 heavy (non-hydrogen) atoms. The zero-order chi connectivity index (χ0) is 18.0. The van der Waals surface area contributed by atoms with Crippen molar-refractivity contribution in [1.29, 1.82) is 0 Å². The molecular weight excluding hydrogens is 318 g/mol. The van der Waals surface area contributed by atoms with Gasteiger partial charge in [-0.25, -0.2) is 4.98 Å². The second-order valence-corrected chi connectivity index (χ2v) is 6.34. The summed E-state index contributed by atoms with van der Waals surface area (Å²) in [6.45, 7) is 4.53. The smallest absolute Gasteiger partial charge is 0.249 e. The number of imidazole rings is 1. The molecule has 1 N–H and O–H groups in total. The van der Waals surface area contributed by atoms with E-state index in [1.165, 1.54) is 0 Å². The molecule has 0 bridgehead atoms. The lowest BCUT2D eigenvalue weighted by Crippen LogP contribution is -2.12. The first kappa shape index (κ1) is 17.2. The Kier molecular flexibility index (Phi) is 4.85. The molecule has 0 amide bonds. The van der Waals surface area contributed by atoms with Crippen LogP contribution in [0.15, 0.2) is 35.1 Å². The number of phenols is 1. The largest absolute Gasteiger partial charge is 0.508 e. The fourth-order valence-corrected chi connectivity index (χ4v) is 2.92. The molecule has 0 radical (unpaired) electrons. The molecular formula is C18H23N5O2. The molecule has 3 rings (SSSR count).